The van der Waals surface area contributed by atoms with E-state index >= 15 is 0 Å². The minimum atomic E-state index is 0.262. The molecule has 0 radical (unpaired) electrons. The van der Waals surface area contributed by atoms with Crippen LogP contribution in [-0.2, 0) is 0 Å². The molecule has 0 bridgehead atoms. The average Bonchev–Trinajstić information content (AvgIpc) is 2.42. The minimum Gasteiger partial charge on any atom is -0.507 e. The topological polar surface area (TPSA) is 52.8 Å². The van der Waals surface area contributed by atoms with Gasteiger partial charge < -0.3 is 10.3 Å². The van der Waals surface area contributed by atoms with Crippen molar-refractivity contribution in [3.63, 3.8) is 0 Å². The van der Waals surface area contributed by atoms with Gasteiger partial charge >= 0.3 is 0 Å². The van der Waals surface area contributed by atoms with Crippen molar-refractivity contribution in [2.75, 3.05) is 0 Å². The predicted molar refractivity (Wildman–Crippen MR) is 79.3 cm³/mol. The quantitative estimate of drug-likeness (QED) is 0.407. The fourth-order valence-corrected chi connectivity index (χ4v) is 2.43. The first-order valence-corrected chi connectivity index (χ1v) is 7.23. The Hall–Kier alpha value is -1.51. The third-order valence-corrected chi connectivity index (χ3v) is 3.55. The van der Waals surface area contributed by atoms with Crippen molar-refractivity contribution in [3.8, 4) is 5.75 Å². The molecule has 0 saturated heterocycles. The van der Waals surface area contributed by atoms with Gasteiger partial charge in [0, 0.05) is 5.56 Å². The number of unbranched alkanes of at least 4 members (excludes halogenated alkanes) is 2. The summed E-state index contributed by atoms with van der Waals surface area (Å²) in [5.41, 5.74) is 1.57. The molecular formula is C16H25NO2. The van der Waals surface area contributed by atoms with Gasteiger partial charge in [-0.2, -0.15) is 0 Å². The van der Waals surface area contributed by atoms with E-state index in [-0.39, 0.29) is 5.75 Å². The molecule has 1 rings (SSSR count). The van der Waals surface area contributed by atoms with E-state index < -0.39 is 0 Å². The predicted octanol–water partition coefficient (Wildman–Crippen LogP) is 4.66. The van der Waals surface area contributed by atoms with Crippen LogP contribution in [0.4, 0.5) is 0 Å². The number of hydrogen-bond donors (Lipinski definition) is 2. The molecule has 0 atom stereocenters. The van der Waals surface area contributed by atoms with Gasteiger partial charge in [0.05, 0.1) is 6.21 Å². The summed E-state index contributed by atoms with van der Waals surface area (Å²) < 4.78 is 0. The highest BCUT2D eigenvalue weighted by Gasteiger charge is 2.16. The second-order valence-electron chi connectivity index (χ2n) is 5.01. The number of oxime groups is 1. The molecular weight excluding hydrogens is 238 g/mol. The number of para-hydroxylation sites is 1. The van der Waals surface area contributed by atoms with Crippen molar-refractivity contribution in [1.82, 2.24) is 0 Å². The fraction of sp³-hybridized carbons (Fsp3) is 0.562. The number of phenolic OH excluding ortho intramolecular Hbond substituents is 1. The third kappa shape index (κ3) is 4.58. The largest absolute Gasteiger partial charge is 0.507 e. The van der Waals surface area contributed by atoms with Gasteiger partial charge in [-0.3, -0.25) is 0 Å². The number of aromatic hydroxyl groups is 1. The van der Waals surface area contributed by atoms with Crippen LogP contribution in [0.3, 0.4) is 0 Å². The average molecular weight is 263 g/mol. The summed E-state index contributed by atoms with van der Waals surface area (Å²) in [5, 5.41) is 21.9. The summed E-state index contributed by atoms with van der Waals surface area (Å²) in [6.45, 7) is 4.37. The number of nitrogens with zero attached hydrogens (tertiary/aromatic N) is 1. The summed E-state index contributed by atoms with van der Waals surface area (Å²) in [6.07, 6.45) is 8.17. The molecule has 0 fully saturated rings. The monoisotopic (exact) mass is 263 g/mol. The summed E-state index contributed by atoms with van der Waals surface area (Å²) >= 11 is 0. The van der Waals surface area contributed by atoms with Crippen molar-refractivity contribution >= 4 is 6.21 Å². The fourth-order valence-electron chi connectivity index (χ4n) is 2.43. The molecule has 0 saturated carbocycles. The van der Waals surface area contributed by atoms with Gasteiger partial charge in [-0.25, -0.2) is 0 Å². The lowest BCUT2D eigenvalue weighted by Gasteiger charge is -2.19. The second-order valence-corrected chi connectivity index (χ2v) is 5.01. The summed E-state index contributed by atoms with van der Waals surface area (Å²) in [5.74, 6) is 0.657. The Balaban J connectivity index is 2.96. The highest BCUT2D eigenvalue weighted by atomic mass is 16.4. The van der Waals surface area contributed by atoms with E-state index in [9.17, 15) is 5.11 Å². The lowest BCUT2D eigenvalue weighted by molar-refractivity contribution is 0.321. The Kier molecular flexibility index (Phi) is 7.01. The Bertz CT molecular complexity index is 394. The maximum Gasteiger partial charge on any atom is 0.127 e. The molecule has 0 amide bonds. The lowest BCUT2D eigenvalue weighted by atomic mass is 9.87. The van der Waals surface area contributed by atoms with Crippen LogP contribution >= 0.6 is 0 Å². The maximum absolute atomic E-state index is 10.3. The molecule has 0 spiro atoms. The third-order valence-electron chi connectivity index (χ3n) is 3.55. The van der Waals surface area contributed by atoms with Crippen LogP contribution in [0, 0.1) is 0 Å². The van der Waals surface area contributed by atoms with Crippen LogP contribution in [0.2, 0.25) is 0 Å². The van der Waals surface area contributed by atoms with Gasteiger partial charge in [0.15, 0.2) is 0 Å². The van der Waals surface area contributed by atoms with Crippen LogP contribution in [0.5, 0.6) is 5.75 Å². The van der Waals surface area contributed by atoms with Gasteiger partial charge in [-0.05, 0) is 30.4 Å². The van der Waals surface area contributed by atoms with Crippen LogP contribution in [-0.4, -0.2) is 16.5 Å². The molecule has 0 heterocycles. The number of phenols is 1. The molecule has 0 aliphatic heterocycles. The molecule has 3 nitrogen and oxygen atoms in total. The first-order chi connectivity index (χ1) is 9.24. The van der Waals surface area contributed by atoms with Gasteiger partial charge in [0.25, 0.3) is 0 Å². The molecule has 19 heavy (non-hydrogen) atoms. The second kappa shape index (κ2) is 8.57. The molecule has 106 valence electrons. The smallest absolute Gasteiger partial charge is 0.127 e. The molecule has 3 heteroatoms. The first-order valence-electron chi connectivity index (χ1n) is 7.23. The molecule has 0 aliphatic rings. The zero-order chi connectivity index (χ0) is 14.1. The van der Waals surface area contributed by atoms with Crippen LogP contribution in [0.1, 0.15) is 69.4 Å². The number of hydrogen-bond acceptors (Lipinski definition) is 3. The normalized spacial score (nSPS) is 11.5. The Morgan fingerprint density at radius 2 is 1.79 bits per heavy atom. The van der Waals surface area contributed by atoms with E-state index in [1.54, 1.807) is 6.07 Å². The minimum absolute atomic E-state index is 0.262. The standard InChI is InChI=1S/C16H25NO2/c1-3-5-8-13(9-6-4-2)15-11-7-10-14(12-17-19)16(15)18/h7,10-13,18-19H,3-6,8-9H2,1-2H3. The molecule has 0 aromatic heterocycles. The molecule has 0 aliphatic carbocycles. The van der Waals surface area contributed by atoms with Crippen molar-refractivity contribution in [2.24, 2.45) is 5.16 Å². The molecule has 1 aromatic rings. The van der Waals surface area contributed by atoms with E-state index in [1.165, 1.54) is 31.9 Å². The van der Waals surface area contributed by atoms with E-state index in [1.807, 2.05) is 12.1 Å². The van der Waals surface area contributed by atoms with Gasteiger partial charge in [-0.15, -0.1) is 0 Å². The highest BCUT2D eigenvalue weighted by Crippen LogP contribution is 2.35. The zero-order valence-corrected chi connectivity index (χ0v) is 12.0. The van der Waals surface area contributed by atoms with Crippen LogP contribution < -0.4 is 0 Å². The molecule has 2 N–H and O–H groups in total. The zero-order valence-electron chi connectivity index (χ0n) is 12.0. The van der Waals surface area contributed by atoms with E-state index in [0.29, 0.717) is 11.5 Å². The maximum atomic E-state index is 10.3. The number of benzene rings is 1. The Labute approximate surface area is 116 Å². The summed E-state index contributed by atoms with van der Waals surface area (Å²) in [7, 11) is 0. The number of rotatable bonds is 8. The summed E-state index contributed by atoms with van der Waals surface area (Å²) in [4.78, 5) is 0. The van der Waals surface area contributed by atoms with Gasteiger partial charge in [0.1, 0.15) is 5.75 Å². The lowest BCUT2D eigenvalue weighted by Crippen LogP contribution is -2.01. The van der Waals surface area contributed by atoms with Crippen molar-refractivity contribution in [3.05, 3.63) is 29.3 Å². The van der Waals surface area contributed by atoms with Gasteiger partial charge in [0.2, 0.25) is 0 Å². The summed E-state index contributed by atoms with van der Waals surface area (Å²) in [6, 6.07) is 5.66. The van der Waals surface area contributed by atoms with Crippen molar-refractivity contribution in [1.29, 1.82) is 0 Å². The van der Waals surface area contributed by atoms with Crippen molar-refractivity contribution < 1.29 is 10.3 Å². The van der Waals surface area contributed by atoms with E-state index in [0.717, 1.165) is 18.4 Å². The molecule has 1 aromatic carbocycles. The molecule has 0 unspecified atom stereocenters. The Morgan fingerprint density at radius 3 is 2.32 bits per heavy atom. The van der Waals surface area contributed by atoms with Crippen LogP contribution in [0.25, 0.3) is 0 Å². The Morgan fingerprint density at radius 1 is 1.16 bits per heavy atom. The van der Waals surface area contributed by atoms with Crippen LogP contribution in [0.15, 0.2) is 23.4 Å². The first kappa shape index (κ1) is 15.5. The van der Waals surface area contributed by atoms with Crippen molar-refractivity contribution in [2.45, 2.75) is 58.3 Å². The SMILES string of the molecule is CCCCC(CCCC)c1cccc(C=NO)c1O. The van der Waals surface area contributed by atoms with E-state index in [4.69, 9.17) is 5.21 Å². The van der Waals surface area contributed by atoms with E-state index in [2.05, 4.69) is 19.0 Å². The highest BCUT2D eigenvalue weighted by molar-refractivity contribution is 5.83. The van der Waals surface area contributed by atoms with Gasteiger partial charge in [-0.1, -0.05) is 56.8 Å².